The molecule has 1 aromatic heterocycles. The number of fused-ring (bicyclic) bond motifs is 2. The average Bonchev–Trinajstić information content (AvgIpc) is 3.40. The minimum Gasteiger partial charge on any atom is -0.497 e. The van der Waals surface area contributed by atoms with E-state index in [9.17, 15) is 9.59 Å². The molecule has 5 rings (SSSR count). The molecule has 0 aliphatic carbocycles. The van der Waals surface area contributed by atoms with Crippen molar-refractivity contribution >= 4 is 28.7 Å². The van der Waals surface area contributed by atoms with Gasteiger partial charge in [0.1, 0.15) is 28.6 Å². The van der Waals surface area contributed by atoms with Crippen LogP contribution in [0.3, 0.4) is 0 Å². The number of ketones is 1. The third kappa shape index (κ3) is 3.98. The molecule has 3 aromatic carbocycles. The minimum atomic E-state index is -0.562. The minimum absolute atomic E-state index is 0.208. The van der Waals surface area contributed by atoms with Crippen LogP contribution >= 0.6 is 0 Å². The summed E-state index contributed by atoms with van der Waals surface area (Å²) in [6.07, 6.45) is 3.74. The molecule has 1 aliphatic heterocycles. The monoisotopic (exact) mass is 483 g/mol. The summed E-state index contributed by atoms with van der Waals surface area (Å²) < 4.78 is 24.3. The Balaban J connectivity index is 1.48. The number of esters is 1. The normalized spacial score (nSPS) is 13.6. The highest BCUT2D eigenvalue weighted by molar-refractivity contribution is 6.16. The second-order valence-electron chi connectivity index (χ2n) is 8.40. The van der Waals surface area contributed by atoms with Crippen LogP contribution in [-0.2, 0) is 6.54 Å². The number of benzene rings is 3. The summed E-state index contributed by atoms with van der Waals surface area (Å²) in [6, 6.07) is 15.9. The van der Waals surface area contributed by atoms with Crippen molar-refractivity contribution in [2.75, 3.05) is 14.2 Å². The van der Waals surface area contributed by atoms with E-state index in [4.69, 9.17) is 18.9 Å². The van der Waals surface area contributed by atoms with Crippen molar-refractivity contribution in [3.63, 3.8) is 0 Å². The highest BCUT2D eigenvalue weighted by atomic mass is 16.5. The molecule has 0 amide bonds. The predicted molar refractivity (Wildman–Crippen MR) is 136 cm³/mol. The fourth-order valence-corrected chi connectivity index (χ4v) is 4.46. The lowest BCUT2D eigenvalue weighted by Crippen LogP contribution is -2.10. The van der Waals surface area contributed by atoms with Crippen molar-refractivity contribution in [2.24, 2.45) is 0 Å². The standard InChI is InChI=1S/C29H25NO6/c1-5-30-16-18(22-14-19(33-3)10-11-23(22)30)13-26-28(31)27-17(2)12-20(15-25(27)36-26)35-29(32)21-8-6-7-9-24(21)34-4/h6-16H,5H2,1-4H3/b26-13-. The second-order valence-corrected chi connectivity index (χ2v) is 8.40. The molecule has 0 saturated heterocycles. The Hall–Kier alpha value is -4.52. The lowest BCUT2D eigenvalue weighted by Gasteiger charge is -2.10. The lowest BCUT2D eigenvalue weighted by atomic mass is 10.0. The predicted octanol–water partition coefficient (Wildman–Crippen LogP) is 5.82. The van der Waals surface area contributed by atoms with E-state index in [-0.39, 0.29) is 17.3 Å². The first-order valence-electron chi connectivity index (χ1n) is 11.5. The number of allylic oxidation sites excluding steroid dienone is 1. The van der Waals surface area contributed by atoms with E-state index >= 15 is 0 Å². The number of para-hydroxylation sites is 1. The van der Waals surface area contributed by atoms with E-state index in [0.717, 1.165) is 28.8 Å². The zero-order chi connectivity index (χ0) is 25.4. The van der Waals surface area contributed by atoms with E-state index in [1.165, 1.54) is 7.11 Å². The largest absolute Gasteiger partial charge is 0.497 e. The molecule has 0 spiro atoms. The van der Waals surface area contributed by atoms with Gasteiger partial charge in [0.2, 0.25) is 5.78 Å². The number of rotatable bonds is 6. The quantitative estimate of drug-likeness (QED) is 0.195. The summed E-state index contributed by atoms with van der Waals surface area (Å²) in [5.41, 5.74) is 3.30. The molecule has 0 saturated carbocycles. The molecule has 1 aliphatic rings. The number of carbonyl (C=O) groups is 2. The molecule has 7 nitrogen and oxygen atoms in total. The highest BCUT2D eigenvalue weighted by Crippen LogP contribution is 2.39. The molecule has 2 heterocycles. The van der Waals surface area contributed by atoms with Gasteiger partial charge in [0, 0.05) is 35.3 Å². The van der Waals surface area contributed by atoms with E-state index < -0.39 is 5.97 Å². The number of ether oxygens (including phenoxy) is 4. The SMILES string of the molecule is CCn1cc(/C=C2\Oc3cc(OC(=O)c4ccccc4OC)cc(C)c3C2=O)c2cc(OC)ccc21. The number of hydrogen-bond acceptors (Lipinski definition) is 6. The van der Waals surface area contributed by atoms with Gasteiger partial charge in [0.15, 0.2) is 5.76 Å². The van der Waals surface area contributed by atoms with Crippen LogP contribution in [0, 0.1) is 6.92 Å². The van der Waals surface area contributed by atoms with Crippen molar-refractivity contribution in [2.45, 2.75) is 20.4 Å². The molecule has 0 fully saturated rings. The van der Waals surface area contributed by atoms with Crippen LogP contribution in [0.4, 0.5) is 0 Å². The molecule has 7 heteroatoms. The third-order valence-corrected chi connectivity index (χ3v) is 6.23. The first-order valence-corrected chi connectivity index (χ1v) is 11.5. The molecule has 0 radical (unpaired) electrons. The van der Waals surface area contributed by atoms with Crippen LogP contribution < -0.4 is 18.9 Å². The number of carbonyl (C=O) groups excluding carboxylic acids is 2. The summed E-state index contributed by atoms with van der Waals surface area (Å²) in [5.74, 6) is 1.21. The molecule has 4 aromatic rings. The Kier molecular flexibility index (Phi) is 5.98. The van der Waals surface area contributed by atoms with E-state index in [1.54, 1.807) is 56.5 Å². The number of hydrogen-bond donors (Lipinski definition) is 0. The van der Waals surface area contributed by atoms with Gasteiger partial charge in [-0.3, -0.25) is 4.79 Å². The summed E-state index contributed by atoms with van der Waals surface area (Å²) in [7, 11) is 3.12. The number of aryl methyl sites for hydroxylation is 2. The van der Waals surface area contributed by atoms with Gasteiger partial charge in [-0.1, -0.05) is 12.1 Å². The fourth-order valence-electron chi connectivity index (χ4n) is 4.46. The van der Waals surface area contributed by atoms with Crippen molar-refractivity contribution in [3.8, 4) is 23.0 Å². The Morgan fingerprint density at radius 1 is 1.03 bits per heavy atom. The third-order valence-electron chi connectivity index (χ3n) is 6.23. The zero-order valence-corrected chi connectivity index (χ0v) is 20.5. The maximum absolute atomic E-state index is 13.2. The van der Waals surface area contributed by atoms with Gasteiger partial charge in [-0.2, -0.15) is 0 Å². The first-order chi connectivity index (χ1) is 17.4. The number of aromatic nitrogens is 1. The van der Waals surface area contributed by atoms with E-state index in [1.807, 2.05) is 24.4 Å². The van der Waals surface area contributed by atoms with Crippen molar-refractivity contribution in [1.82, 2.24) is 4.57 Å². The molecule has 0 bridgehead atoms. The van der Waals surface area contributed by atoms with E-state index in [2.05, 4.69) is 11.5 Å². The smallest absolute Gasteiger partial charge is 0.347 e. The molecule has 0 atom stereocenters. The number of Topliss-reactive ketones (excluding diaryl/α,β-unsaturated/α-hetero) is 1. The summed E-state index contributed by atoms with van der Waals surface area (Å²) in [5, 5.41) is 0.958. The zero-order valence-electron chi connectivity index (χ0n) is 20.5. The van der Waals surface area contributed by atoms with Crippen molar-refractivity contribution in [3.05, 3.63) is 88.8 Å². The van der Waals surface area contributed by atoms with Crippen LogP contribution in [0.1, 0.15) is 38.8 Å². The molecule has 0 unspecified atom stereocenters. The number of nitrogens with zero attached hydrogens (tertiary/aromatic N) is 1. The summed E-state index contributed by atoms with van der Waals surface area (Å²) in [6.45, 7) is 4.63. The Morgan fingerprint density at radius 2 is 1.83 bits per heavy atom. The summed E-state index contributed by atoms with van der Waals surface area (Å²) in [4.78, 5) is 26.0. The molecular formula is C29H25NO6. The molecule has 0 N–H and O–H groups in total. The molecular weight excluding hydrogens is 458 g/mol. The lowest BCUT2D eigenvalue weighted by molar-refractivity contribution is 0.0731. The van der Waals surface area contributed by atoms with E-state index in [0.29, 0.717) is 28.2 Å². The number of methoxy groups -OCH3 is 2. The second kappa shape index (κ2) is 9.26. The topological polar surface area (TPSA) is 76.0 Å². The van der Waals surface area contributed by atoms with Gasteiger partial charge in [-0.05, 0) is 61.9 Å². The Labute approximate surface area is 208 Å². The first kappa shape index (κ1) is 23.2. The van der Waals surface area contributed by atoms with Crippen molar-refractivity contribution < 1.29 is 28.5 Å². The van der Waals surface area contributed by atoms with Gasteiger partial charge in [-0.25, -0.2) is 4.79 Å². The van der Waals surface area contributed by atoms with Crippen LogP contribution in [0.15, 0.2) is 66.6 Å². The van der Waals surface area contributed by atoms with Gasteiger partial charge in [-0.15, -0.1) is 0 Å². The van der Waals surface area contributed by atoms with Crippen LogP contribution in [0.5, 0.6) is 23.0 Å². The Bertz CT molecular complexity index is 1550. The van der Waals surface area contributed by atoms with Crippen molar-refractivity contribution in [1.29, 1.82) is 0 Å². The average molecular weight is 484 g/mol. The fraction of sp³-hybridized carbons (Fsp3) is 0.172. The maximum Gasteiger partial charge on any atom is 0.347 e. The van der Waals surface area contributed by atoms with Gasteiger partial charge >= 0.3 is 5.97 Å². The maximum atomic E-state index is 13.2. The van der Waals surface area contributed by atoms with Gasteiger partial charge < -0.3 is 23.5 Å². The van der Waals surface area contributed by atoms with Gasteiger partial charge in [0.25, 0.3) is 0 Å². The molecule has 182 valence electrons. The summed E-state index contributed by atoms with van der Waals surface area (Å²) >= 11 is 0. The Morgan fingerprint density at radius 3 is 2.58 bits per heavy atom. The molecule has 36 heavy (non-hydrogen) atoms. The van der Waals surface area contributed by atoms with Crippen LogP contribution in [0.2, 0.25) is 0 Å². The highest BCUT2D eigenvalue weighted by Gasteiger charge is 2.31. The van der Waals surface area contributed by atoms with Crippen LogP contribution in [-0.4, -0.2) is 30.5 Å². The van der Waals surface area contributed by atoms with Gasteiger partial charge in [0.05, 0.1) is 19.8 Å². The van der Waals surface area contributed by atoms with Crippen LogP contribution in [0.25, 0.3) is 17.0 Å².